The van der Waals surface area contributed by atoms with E-state index in [0.717, 1.165) is 17.7 Å². The summed E-state index contributed by atoms with van der Waals surface area (Å²) in [7, 11) is 0. The smallest absolute Gasteiger partial charge is 0.0566 e. The maximum atomic E-state index is 6.02. The van der Waals surface area contributed by atoms with Crippen molar-refractivity contribution >= 4 is 23.4 Å². The van der Waals surface area contributed by atoms with E-state index in [4.69, 9.17) is 5.73 Å². The number of benzene rings is 1. The second-order valence-electron chi connectivity index (χ2n) is 3.83. The minimum atomic E-state index is 0.805. The Balaban J connectivity index is 2.18. The van der Waals surface area contributed by atoms with Gasteiger partial charge in [-0.1, -0.05) is 42.7 Å². The van der Waals surface area contributed by atoms with E-state index >= 15 is 0 Å². The zero-order chi connectivity index (χ0) is 11.5. The molecule has 2 rings (SSSR count). The van der Waals surface area contributed by atoms with Crippen molar-refractivity contribution in [3.8, 4) is 0 Å². The molecule has 0 aliphatic carbocycles. The van der Waals surface area contributed by atoms with E-state index in [1.165, 1.54) is 10.4 Å². The summed E-state index contributed by atoms with van der Waals surface area (Å²) in [4.78, 5) is 1.31. The van der Waals surface area contributed by atoms with Gasteiger partial charge >= 0.3 is 0 Å². The second-order valence-corrected chi connectivity index (χ2v) is 5.07. The van der Waals surface area contributed by atoms with Gasteiger partial charge in [-0.15, -0.1) is 0 Å². The van der Waals surface area contributed by atoms with E-state index in [1.54, 1.807) is 11.5 Å². The van der Waals surface area contributed by atoms with Gasteiger partial charge in [0, 0.05) is 17.3 Å². The van der Waals surface area contributed by atoms with E-state index in [-0.39, 0.29) is 0 Å². The lowest BCUT2D eigenvalue weighted by Gasteiger charge is -2.08. The van der Waals surface area contributed by atoms with Crippen molar-refractivity contribution in [3.05, 3.63) is 46.5 Å². The molecule has 0 amide bonds. The summed E-state index contributed by atoms with van der Waals surface area (Å²) in [5, 5.41) is 0. The van der Waals surface area contributed by atoms with Crippen molar-refractivity contribution in [2.75, 3.05) is 0 Å². The molecule has 2 nitrogen and oxygen atoms in total. The Kier molecular flexibility index (Phi) is 3.15. The predicted molar refractivity (Wildman–Crippen MR) is 71.2 cm³/mol. The quantitative estimate of drug-likeness (QED) is 0.864. The Bertz CT molecular complexity index is 476. The van der Waals surface area contributed by atoms with Crippen molar-refractivity contribution in [2.45, 2.75) is 20.3 Å². The zero-order valence-corrected chi connectivity index (χ0v) is 10.4. The molecule has 0 fully saturated rings. The van der Waals surface area contributed by atoms with Gasteiger partial charge < -0.3 is 5.73 Å². The topological polar surface area (TPSA) is 30.9 Å². The molecule has 0 saturated heterocycles. The lowest BCUT2D eigenvalue weighted by atomic mass is 10.1. The number of hydrogen-bond donors (Lipinski definition) is 1. The minimum absolute atomic E-state index is 0.805. The minimum Gasteiger partial charge on any atom is -0.397 e. The van der Waals surface area contributed by atoms with Crippen LogP contribution in [0.3, 0.4) is 0 Å². The van der Waals surface area contributed by atoms with E-state index in [0.29, 0.717) is 0 Å². The number of nitrogens with two attached hydrogens (primary N) is 1. The van der Waals surface area contributed by atoms with Crippen molar-refractivity contribution in [1.29, 1.82) is 0 Å². The number of nitrogens with zero attached hydrogens (tertiary/aromatic N) is 1. The molecule has 1 aromatic carbocycles. The van der Waals surface area contributed by atoms with Crippen LogP contribution in [0.15, 0.2) is 30.5 Å². The highest BCUT2D eigenvalue weighted by Gasteiger charge is 1.99. The first kappa shape index (κ1) is 11.0. The van der Waals surface area contributed by atoms with Crippen LogP contribution in [0.25, 0.3) is 11.9 Å². The third-order valence-corrected chi connectivity index (χ3v) is 3.34. The van der Waals surface area contributed by atoms with E-state index in [2.05, 4.69) is 44.3 Å². The number of aryl methyl sites for hydroxylation is 2. The average Bonchev–Trinajstić information content (AvgIpc) is 2.27. The summed E-state index contributed by atoms with van der Waals surface area (Å²) in [5.74, 6) is 0. The van der Waals surface area contributed by atoms with Gasteiger partial charge in [0.05, 0.1) is 5.70 Å². The highest BCUT2D eigenvalue weighted by molar-refractivity contribution is 7.08. The molecule has 0 radical (unpaired) electrons. The molecule has 0 bridgehead atoms. The summed E-state index contributed by atoms with van der Waals surface area (Å²) in [6.45, 7) is 4.24. The summed E-state index contributed by atoms with van der Waals surface area (Å²) in [6.07, 6.45) is 5.09. The number of hydrogen-bond acceptors (Lipinski definition) is 2. The van der Waals surface area contributed by atoms with Gasteiger partial charge in [0.2, 0.25) is 0 Å². The van der Waals surface area contributed by atoms with Crippen LogP contribution in [0.1, 0.15) is 22.9 Å². The Morgan fingerprint density at radius 2 is 2.00 bits per heavy atom. The van der Waals surface area contributed by atoms with E-state index in [1.807, 2.05) is 10.2 Å². The summed E-state index contributed by atoms with van der Waals surface area (Å²) in [5.41, 5.74) is 9.24. The van der Waals surface area contributed by atoms with Crippen LogP contribution in [0.4, 0.5) is 0 Å². The molecule has 0 saturated carbocycles. The van der Waals surface area contributed by atoms with Crippen LogP contribution in [-0.4, -0.2) is 3.96 Å². The molecular weight excluding hydrogens is 216 g/mol. The van der Waals surface area contributed by atoms with Crippen LogP contribution >= 0.6 is 11.5 Å². The lowest BCUT2D eigenvalue weighted by Crippen LogP contribution is -2.00. The molecule has 0 spiro atoms. The molecule has 2 N–H and O–H groups in total. The number of rotatable bonds is 3. The molecule has 0 atom stereocenters. The average molecular weight is 232 g/mol. The molecule has 0 aliphatic rings. The highest BCUT2D eigenvalue weighted by Crippen LogP contribution is 2.16. The third-order valence-electron chi connectivity index (χ3n) is 2.52. The van der Waals surface area contributed by atoms with Gasteiger partial charge in [0.1, 0.15) is 0 Å². The molecule has 3 heteroatoms. The van der Waals surface area contributed by atoms with Crippen molar-refractivity contribution in [3.63, 3.8) is 0 Å². The van der Waals surface area contributed by atoms with Gasteiger partial charge in [0.25, 0.3) is 0 Å². The lowest BCUT2D eigenvalue weighted by molar-refractivity contribution is 1.14. The largest absolute Gasteiger partial charge is 0.397 e. The van der Waals surface area contributed by atoms with Crippen molar-refractivity contribution in [1.82, 2.24) is 3.96 Å². The van der Waals surface area contributed by atoms with Crippen LogP contribution in [0.2, 0.25) is 0 Å². The first-order valence-corrected chi connectivity index (χ1v) is 6.17. The van der Waals surface area contributed by atoms with Crippen LogP contribution < -0.4 is 5.73 Å². The van der Waals surface area contributed by atoms with Gasteiger partial charge in [-0.05, 0) is 24.5 Å². The standard InChI is InChI=1S/C13H16N2S/c1-3-11-4-6-12(7-5-11)13(14)9-15-8-10(2)16-15/h4-9H,3,14H2,1-2H3/b13-9-. The zero-order valence-electron chi connectivity index (χ0n) is 9.60. The van der Waals surface area contributed by atoms with Crippen molar-refractivity contribution in [2.24, 2.45) is 5.73 Å². The van der Waals surface area contributed by atoms with E-state index < -0.39 is 0 Å². The fraction of sp³-hybridized carbons (Fsp3) is 0.231. The van der Waals surface area contributed by atoms with Gasteiger partial charge in [-0.2, -0.15) is 0 Å². The van der Waals surface area contributed by atoms with Crippen LogP contribution in [-0.2, 0) is 6.42 Å². The summed E-state index contributed by atoms with van der Waals surface area (Å²) >= 11 is 1.70. The molecular formula is C13H16N2S. The molecule has 1 heterocycles. The second kappa shape index (κ2) is 4.58. The van der Waals surface area contributed by atoms with Gasteiger partial charge in [-0.3, -0.25) is 3.96 Å². The Morgan fingerprint density at radius 1 is 1.38 bits per heavy atom. The fourth-order valence-electron chi connectivity index (χ4n) is 1.55. The van der Waals surface area contributed by atoms with Crippen LogP contribution in [0, 0.1) is 6.92 Å². The van der Waals surface area contributed by atoms with E-state index in [9.17, 15) is 0 Å². The Labute approximate surface area is 100 Å². The Morgan fingerprint density at radius 3 is 2.50 bits per heavy atom. The maximum Gasteiger partial charge on any atom is 0.0566 e. The normalized spacial score (nSPS) is 12.0. The highest BCUT2D eigenvalue weighted by atomic mass is 32.1. The summed E-state index contributed by atoms with van der Waals surface area (Å²) < 4.78 is 2.03. The summed E-state index contributed by atoms with van der Waals surface area (Å²) in [6, 6.07) is 8.40. The molecule has 84 valence electrons. The monoisotopic (exact) mass is 232 g/mol. The molecule has 0 aliphatic heterocycles. The van der Waals surface area contributed by atoms with Gasteiger partial charge in [-0.25, -0.2) is 0 Å². The molecule has 1 aromatic heterocycles. The predicted octanol–water partition coefficient (Wildman–Crippen LogP) is 3.33. The molecule has 2 aromatic rings. The maximum absolute atomic E-state index is 6.02. The fourth-order valence-corrected chi connectivity index (χ4v) is 2.26. The Hall–Kier alpha value is -1.48. The first-order chi connectivity index (χ1) is 7.69. The van der Waals surface area contributed by atoms with Crippen LogP contribution in [0.5, 0.6) is 0 Å². The first-order valence-electron chi connectivity index (χ1n) is 5.40. The SMILES string of the molecule is CCc1ccc(/C(N)=C/n2cc(C)s2)cc1. The van der Waals surface area contributed by atoms with Gasteiger partial charge in [0.15, 0.2) is 0 Å². The number of aromatic nitrogens is 1. The third kappa shape index (κ3) is 2.36. The van der Waals surface area contributed by atoms with Crippen molar-refractivity contribution < 1.29 is 0 Å². The molecule has 16 heavy (non-hydrogen) atoms. The molecule has 0 unspecified atom stereocenters.